The summed E-state index contributed by atoms with van der Waals surface area (Å²) in [6.07, 6.45) is 0. The minimum absolute atomic E-state index is 0.151. The molecule has 0 radical (unpaired) electrons. The van der Waals surface area contributed by atoms with Crippen molar-refractivity contribution in [3.05, 3.63) is 52.0 Å². The molecule has 122 valence electrons. The normalized spacial score (nSPS) is 10.1. The fraction of sp³-hybridized carbons (Fsp3) is 0.235. The average Bonchev–Trinajstić information content (AvgIpc) is 2.59. The summed E-state index contributed by atoms with van der Waals surface area (Å²) in [5, 5.41) is 0. The lowest BCUT2D eigenvalue weighted by molar-refractivity contribution is 0.0468. The highest BCUT2D eigenvalue weighted by molar-refractivity contribution is 9.10. The van der Waals surface area contributed by atoms with Crippen molar-refractivity contribution in [3.63, 3.8) is 0 Å². The third kappa shape index (κ3) is 3.96. The molecule has 0 heterocycles. The van der Waals surface area contributed by atoms with Gasteiger partial charge in [0.1, 0.15) is 17.9 Å². The number of ether oxygens (including phenoxy) is 4. The lowest BCUT2D eigenvalue weighted by atomic mass is 10.1. The molecular weight excluding hydrogens is 364 g/mol. The predicted octanol–water partition coefficient (Wildman–Crippen LogP) is 3.83. The van der Waals surface area contributed by atoms with E-state index in [1.54, 1.807) is 12.1 Å². The SMILES string of the molecule is COc1cc(OC)c(C(=O)OCc2ccccc2Br)cc1OC. The van der Waals surface area contributed by atoms with Crippen molar-refractivity contribution in [1.29, 1.82) is 0 Å². The number of carbonyl (C=O) groups is 1. The molecule has 2 aromatic rings. The molecule has 0 aliphatic rings. The van der Waals surface area contributed by atoms with Gasteiger partial charge in [0, 0.05) is 22.2 Å². The van der Waals surface area contributed by atoms with Crippen LogP contribution < -0.4 is 14.2 Å². The van der Waals surface area contributed by atoms with Crippen molar-refractivity contribution < 1.29 is 23.7 Å². The molecule has 6 heteroatoms. The van der Waals surface area contributed by atoms with Gasteiger partial charge < -0.3 is 18.9 Å². The number of carbonyl (C=O) groups excluding carboxylic acids is 1. The fourth-order valence-electron chi connectivity index (χ4n) is 2.03. The summed E-state index contributed by atoms with van der Waals surface area (Å²) in [6, 6.07) is 10.7. The number of methoxy groups -OCH3 is 3. The maximum absolute atomic E-state index is 12.4. The standard InChI is InChI=1S/C17H17BrO5/c1-20-14-9-16(22-3)15(21-2)8-12(14)17(19)23-10-11-6-4-5-7-13(11)18/h4-9H,10H2,1-3H3. The van der Waals surface area contributed by atoms with Gasteiger partial charge in [-0.25, -0.2) is 4.79 Å². The highest BCUT2D eigenvalue weighted by Crippen LogP contribution is 2.35. The van der Waals surface area contributed by atoms with Crippen LogP contribution in [0.4, 0.5) is 0 Å². The molecule has 0 unspecified atom stereocenters. The van der Waals surface area contributed by atoms with E-state index in [0.717, 1.165) is 10.0 Å². The molecule has 0 atom stereocenters. The van der Waals surface area contributed by atoms with Gasteiger partial charge in [0.2, 0.25) is 0 Å². The highest BCUT2D eigenvalue weighted by atomic mass is 79.9. The Morgan fingerprint density at radius 3 is 2.17 bits per heavy atom. The Hall–Kier alpha value is -2.21. The van der Waals surface area contributed by atoms with Crippen LogP contribution in [0.15, 0.2) is 40.9 Å². The number of benzene rings is 2. The van der Waals surface area contributed by atoms with Crippen molar-refractivity contribution >= 4 is 21.9 Å². The Kier molecular flexibility index (Phi) is 5.87. The largest absolute Gasteiger partial charge is 0.496 e. The second-order valence-electron chi connectivity index (χ2n) is 4.58. The van der Waals surface area contributed by atoms with Gasteiger partial charge in [0.15, 0.2) is 11.5 Å². The maximum atomic E-state index is 12.4. The van der Waals surface area contributed by atoms with Crippen LogP contribution >= 0.6 is 15.9 Å². The minimum atomic E-state index is -0.501. The van der Waals surface area contributed by atoms with Crippen LogP contribution in [0.25, 0.3) is 0 Å². The van der Waals surface area contributed by atoms with Crippen molar-refractivity contribution in [2.45, 2.75) is 6.61 Å². The zero-order chi connectivity index (χ0) is 16.8. The second-order valence-corrected chi connectivity index (χ2v) is 5.43. The first kappa shape index (κ1) is 17.1. The van der Waals surface area contributed by atoms with Crippen LogP contribution in [0, 0.1) is 0 Å². The summed E-state index contributed by atoms with van der Waals surface area (Å²) in [7, 11) is 4.49. The zero-order valence-corrected chi connectivity index (χ0v) is 14.7. The summed E-state index contributed by atoms with van der Waals surface area (Å²) in [4.78, 5) is 12.4. The van der Waals surface area contributed by atoms with Crippen LogP contribution in [0.2, 0.25) is 0 Å². The van der Waals surface area contributed by atoms with Gasteiger partial charge in [0.25, 0.3) is 0 Å². The smallest absolute Gasteiger partial charge is 0.342 e. The Balaban J connectivity index is 2.23. The van der Waals surface area contributed by atoms with Crippen LogP contribution in [0.3, 0.4) is 0 Å². The third-order valence-electron chi connectivity index (χ3n) is 3.24. The Labute approximate surface area is 143 Å². The van der Waals surface area contributed by atoms with Gasteiger partial charge in [-0.3, -0.25) is 0 Å². The Morgan fingerprint density at radius 1 is 0.957 bits per heavy atom. The van der Waals surface area contributed by atoms with Gasteiger partial charge in [-0.15, -0.1) is 0 Å². The van der Waals surface area contributed by atoms with Crippen LogP contribution in [-0.4, -0.2) is 27.3 Å². The van der Waals surface area contributed by atoms with E-state index in [-0.39, 0.29) is 12.2 Å². The quantitative estimate of drug-likeness (QED) is 0.712. The van der Waals surface area contributed by atoms with E-state index in [0.29, 0.717) is 17.2 Å². The first-order valence-electron chi connectivity index (χ1n) is 6.81. The minimum Gasteiger partial charge on any atom is -0.496 e. The van der Waals surface area contributed by atoms with E-state index in [4.69, 9.17) is 18.9 Å². The molecule has 0 aromatic heterocycles. The highest BCUT2D eigenvalue weighted by Gasteiger charge is 2.19. The number of esters is 1. The van der Waals surface area contributed by atoms with E-state index in [1.165, 1.54) is 21.3 Å². The summed E-state index contributed by atoms with van der Waals surface area (Å²) < 4.78 is 21.9. The van der Waals surface area contributed by atoms with Crippen molar-refractivity contribution in [3.8, 4) is 17.2 Å². The number of rotatable bonds is 6. The zero-order valence-electron chi connectivity index (χ0n) is 13.1. The molecule has 0 saturated carbocycles. The first-order valence-corrected chi connectivity index (χ1v) is 7.60. The van der Waals surface area contributed by atoms with E-state index in [2.05, 4.69) is 15.9 Å². The van der Waals surface area contributed by atoms with Gasteiger partial charge in [-0.1, -0.05) is 34.1 Å². The van der Waals surface area contributed by atoms with E-state index < -0.39 is 5.97 Å². The maximum Gasteiger partial charge on any atom is 0.342 e. The van der Waals surface area contributed by atoms with Crippen LogP contribution in [0.5, 0.6) is 17.2 Å². The third-order valence-corrected chi connectivity index (χ3v) is 4.02. The lowest BCUT2D eigenvalue weighted by Gasteiger charge is -2.14. The van der Waals surface area contributed by atoms with Gasteiger partial charge in [-0.2, -0.15) is 0 Å². The fourth-order valence-corrected chi connectivity index (χ4v) is 2.42. The van der Waals surface area contributed by atoms with Crippen LogP contribution in [-0.2, 0) is 11.3 Å². The predicted molar refractivity (Wildman–Crippen MR) is 89.4 cm³/mol. The van der Waals surface area contributed by atoms with Crippen molar-refractivity contribution in [1.82, 2.24) is 0 Å². The molecule has 0 bridgehead atoms. The van der Waals surface area contributed by atoms with E-state index >= 15 is 0 Å². The molecule has 0 aliphatic carbocycles. The first-order chi connectivity index (χ1) is 11.1. The topological polar surface area (TPSA) is 54.0 Å². The second kappa shape index (κ2) is 7.87. The molecule has 0 amide bonds. The summed E-state index contributed by atoms with van der Waals surface area (Å²) >= 11 is 3.42. The van der Waals surface area contributed by atoms with Gasteiger partial charge in [-0.05, 0) is 6.07 Å². The molecular formula is C17H17BrO5. The van der Waals surface area contributed by atoms with Gasteiger partial charge >= 0.3 is 5.97 Å². The number of halogens is 1. The number of hydrogen-bond donors (Lipinski definition) is 0. The molecule has 5 nitrogen and oxygen atoms in total. The molecule has 0 fully saturated rings. The molecule has 0 saturated heterocycles. The summed E-state index contributed by atoms with van der Waals surface area (Å²) in [6.45, 7) is 0.151. The van der Waals surface area contributed by atoms with Crippen LogP contribution in [0.1, 0.15) is 15.9 Å². The molecule has 2 aromatic carbocycles. The van der Waals surface area contributed by atoms with E-state index in [9.17, 15) is 4.79 Å². The molecule has 2 rings (SSSR count). The van der Waals surface area contributed by atoms with E-state index in [1.807, 2.05) is 24.3 Å². The molecule has 0 aliphatic heterocycles. The van der Waals surface area contributed by atoms with Gasteiger partial charge in [0.05, 0.1) is 21.3 Å². The Bertz CT molecular complexity index is 699. The molecule has 0 N–H and O–H groups in total. The monoisotopic (exact) mass is 380 g/mol. The van der Waals surface area contributed by atoms with Crippen molar-refractivity contribution in [2.75, 3.05) is 21.3 Å². The lowest BCUT2D eigenvalue weighted by Crippen LogP contribution is -2.08. The van der Waals surface area contributed by atoms with Crippen molar-refractivity contribution in [2.24, 2.45) is 0 Å². The molecule has 23 heavy (non-hydrogen) atoms. The summed E-state index contributed by atoms with van der Waals surface area (Å²) in [5.74, 6) is 0.770. The molecule has 0 spiro atoms. The number of hydrogen-bond acceptors (Lipinski definition) is 5. The summed E-state index contributed by atoms with van der Waals surface area (Å²) in [5.41, 5.74) is 1.15. The Morgan fingerprint density at radius 2 is 1.57 bits per heavy atom. The average molecular weight is 381 g/mol.